The summed E-state index contributed by atoms with van der Waals surface area (Å²) < 4.78 is 5.34. The maximum Gasteiger partial charge on any atom is 0.291 e. The van der Waals surface area contributed by atoms with Gasteiger partial charge in [-0.1, -0.05) is 18.5 Å². The quantitative estimate of drug-likeness (QED) is 0.929. The Morgan fingerprint density at radius 3 is 2.84 bits per heavy atom. The number of hydrogen-bond acceptors (Lipinski definition) is 3. The minimum atomic E-state index is -0.392. The molecule has 0 aliphatic heterocycles. The Labute approximate surface area is 115 Å². The van der Waals surface area contributed by atoms with Crippen molar-refractivity contribution in [1.29, 1.82) is 5.26 Å². The van der Waals surface area contributed by atoms with Gasteiger partial charge in [0.25, 0.3) is 5.91 Å². The maximum atomic E-state index is 11.9. The fraction of sp³-hybridized carbons (Fsp3) is 0.143. The normalized spacial score (nSPS) is 9.95. The molecule has 1 aromatic carbocycles. The fourth-order valence-electron chi connectivity index (χ4n) is 1.56. The Morgan fingerprint density at radius 1 is 1.42 bits per heavy atom. The summed E-state index contributed by atoms with van der Waals surface area (Å²) in [6.07, 6.45) is 0.720. The first-order chi connectivity index (χ1) is 9.13. The van der Waals surface area contributed by atoms with Gasteiger partial charge in [-0.25, -0.2) is 0 Å². The number of aryl methyl sites for hydroxylation is 1. The van der Waals surface area contributed by atoms with Crippen LogP contribution in [0.5, 0.6) is 0 Å². The molecule has 0 spiro atoms. The van der Waals surface area contributed by atoms with E-state index in [1.165, 1.54) is 6.07 Å². The number of nitrogens with zero attached hydrogens (tertiary/aromatic N) is 1. The van der Waals surface area contributed by atoms with E-state index < -0.39 is 5.91 Å². The van der Waals surface area contributed by atoms with Crippen LogP contribution >= 0.6 is 11.6 Å². The van der Waals surface area contributed by atoms with E-state index in [0.717, 1.165) is 12.2 Å². The van der Waals surface area contributed by atoms with Gasteiger partial charge in [-0.15, -0.1) is 0 Å². The number of hydrogen-bond donors (Lipinski definition) is 1. The molecule has 0 saturated carbocycles. The number of rotatable bonds is 3. The van der Waals surface area contributed by atoms with Crippen molar-refractivity contribution in [2.24, 2.45) is 0 Å². The van der Waals surface area contributed by atoms with Crippen LogP contribution < -0.4 is 5.32 Å². The molecule has 0 radical (unpaired) electrons. The molecule has 0 aliphatic carbocycles. The van der Waals surface area contributed by atoms with E-state index in [1.54, 1.807) is 24.3 Å². The van der Waals surface area contributed by atoms with Gasteiger partial charge < -0.3 is 9.73 Å². The van der Waals surface area contributed by atoms with E-state index in [4.69, 9.17) is 21.3 Å². The minimum Gasteiger partial charge on any atom is -0.456 e. The number of carbonyl (C=O) groups excluding carboxylic acids is 1. The summed E-state index contributed by atoms with van der Waals surface area (Å²) in [6.45, 7) is 1.94. The minimum absolute atomic E-state index is 0.218. The van der Waals surface area contributed by atoms with Crippen LogP contribution in [0, 0.1) is 11.3 Å². The molecule has 0 fully saturated rings. The van der Waals surface area contributed by atoms with Gasteiger partial charge in [0.05, 0.1) is 22.3 Å². The number of nitrogens with one attached hydrogen (secondary N) is 1. The van der Waals surface area contributed by atoms with Crippen molar-refractivity contribution in [1.82, 2.24) is 0 Å². The Kier molecular flexibility index (Phi) is 3.88. The van der Waals surface area contributed by atoms with Crippen LogP contribution in [0.25, 0.3) is 0 Å². The van der Waals surface area contributed by atoms with Crippen molar-refractivity contribution in [3.8, 4) is 6.07 Å². The zero-order chi connectivity index (χ0) is 13.8. The number of halogens is 1. The first-order valence-corrected chi connectivity index (χ1v) is 6.11. The average molecular weight is 275 g/mol. The second kappa shape index (κ2) is 5.59. The van der Waals surface area contributed by atoms with Gasteiger partial charge in [-0.2, -0.15) is 5.26 Å². The third-order valence-corrected chi connectivity index (χ3v) is 2.91. The Hall–Kier alpha value is -2.25. The van der Waals surface area contributed by atoms with Crippen molar-refractivity contribution in [3.63, 3.8) is 0 Å². The highest BCUT2D eigenvalue weighted by molar-refractivity contribution is 6.33. The molecule has 0 unspecified atom stereocenters. The van der Waals surface area contributed by atoms with Crippen molar-refractivity contribution in [2.45, 2.75) is 13.3 Å². The lowest BCUT2D eigenvalue weighted by Gasteiger charge is -2.05. The molecule has 1 aromatic heterocycles. The number of nitriles is 1. The second-order valence-corrected chi connectivity index (χ2v) is 4.29. The Balaban J connectivity index is 2.21. The van der Waals surface area contributed by atoms with Crippen LogP contribution in [0.1, 0.15) is 28.8 Å². The second-order valence-electron chi connectivity index (χ2n) is 3.88. The van der Waals surface area contributed by atoms with Gasteiger partial charge in [-0.3, -0.25) is 4.79 Å². The molecule has 0 atom stereocenters. The highest BCUT2D eigenvalue weighted by Gasteiger charge is 2.13. The molecule has 2 aromatic rings. The standard InChI is InChI=1S/C14H11ClN2O2/c1-2-10-4-6-13(19-10)14(18)17-12-7-9(8-16)3-5-11(12)15/h3-7H,2H2,1H3,(H,17,18). The van der Waals surface area contributed by atoms with Gasteiger partial charge >= 0.3 is 0 Å². The summed E-state index contributed by atoms with van der Waals surface area (Å²) in [5.41, 5.74) is 0.813. The van der Waals surface area contributed by atoms with Gasteiger partial charge in [0.2, 0.25) is 0 Å². The molecule has 1 N–H and O–H groups in total. The van der Waals surface area contributed by atoms with Crippen molar-refractivity contribution in [3.05, 3.63) is 52.4 Å². The zero-order valence-electron chi connectivity index (χ0n) is 10.2. The first-order valence-electron chi connectivity index (χ1n) is 5.73. The van der Waals surface area contributed by atoms with Gasteiger partial charge in [-0.05, 0) is 30.3 Å². The largest absolute Gasteiger partial charge is 0.456 e. The summed E-state index contributed by atoms with van der Waals surface area (Å²) in [4.78, 5) is 11.9. The van der Waals surface area contributed by atoms with Gasteiger partial charge in [0.1, 0.15) is 5.76 Å². The Morgan fingerprint density at radius 2 is 2.21 bits per heavy atom. The van der Waals surface area contributed by atoms with E-state index in [-0.39, 0.29) is 5.76 Å². The number of furan rings is 1. The summed E-state index contributed by atoms with van der Waals surface area (Å²) in [5.74, 6) is 0.564. The molecule has 0 bridgehead atoms. The van der Waals surface area contributed by atoms with Crippen LogP contribution in [0.15, 0.2) is 34.7 Å². The molecule has 1 heterocycles. The highest BCUT2D eigenvalue weighted by Crippen LogP contribution is 2.23. The van der Waals surface area contributed by atoms with E-state index in [1.807, 2.05) is 13.0 Å². The van der Waals surface area contributed by atoms with E-state index in [0.29, 0.717) is 16.3 Å². The molecular formula is C14H11ClN2O2. The highest BCUT2D eigenvalue weighted by atomic mass is 35.5. The molecule has 96 valence electrons. The number of anilines is 1. The lowest BCUT2D eigenvalue weighted by molar-refractivity contribution is 0.0995. The molecule has 0 aliphatic rings. The third kappa shape index (κ3) is 2.95. The van der Waals surface area contributed by atoms with E-state index in [9.17, 15) is 4.79 Å². The first kappa shape index (κ1) is 13.2. The smallest absolute Gasteiger partial charge is 0.291 e. The summed E-state index contributed by atoms with van der Waals surface area (Å²) in [5, 5.41) is 11.8. The third-order valence-electron chi connectivity index (χ3n) is 2.58. The summed E-state index contributed by atoms with van der Waals surface area (Å²) >= 11 is 5.96. The maximum absolute atomic E-state index is 11.9. The monoisotopic (exact) mass is 274 g/mol. The molecule has 5 heteroatoms. The molecule has 2 rings (SSSR count). The lowest BCUT2D eigenvalue weighted by atomic mass is 10.2. The number of benzene rings is 1. The fourth-order valence-corrected chi connectivity index (χ4v) is 1.73. The summed E-state index contributed by atoms with van der Waals surface area (Å²) in [7, 11) is 0. The molecule has 0 saturated heterocycles. The van der Waals surface area contributed by atoms with Crippen LogP contribution in [-0.2, 0) is 6.42 Å². The number of carbonyl (C=O) groups is 1. The SMILES string of the molecule is CCc1ccc(C(=O)Nc2cc(C#N)ccc2Cl)o1. The predicted octanol–water partition coefficient (Wildman–Crippen LogP) is 3.62. The molecule has 19 heavy (non-hydrogen) atoms. The number of amides is 1. The lowest BCUT2D eigenvalue weighted by Crippen LogP contribution is -2.11. The van der Waals surface area contributed by atoms with Crippen molar-refractivity contribution < 1.29 is 9.21 Å². The topological polar surface area (TPSA) is 66.0 Å². The molecule has 4 nitrogen and oxygen atoms in total. The van der Waals surface area contributed by atoms with Crippen LogP contribution in [0.3, 0.4) is 0 Å². The van der Waals surface area contributed by atoms with Crippen LogP contribution in [0.4, 0.5) is 5.69 Å². The average Bonchev–Trinajstić information content (AvgIpc) is 2.90. The molecule has 1 amide bonds. The predicted molar refractivity (Wildman–Crippen MR) is 72.2 cm³/mol. The van der Waals surface area contributed by atoms with Gasteiger partial charge in [0.15, 0.2) is 5.76 Å². The van der Waals surface area contributed by atoms with Gasteiger partial charge in [0, 0.05) is 6.42 Å². The van der Waals surface area contributed by atoms with Crippen molar-refractivity contribution >= 4 is 23.2 Å². The van der Waals surface area contributed by atoms with Crippen molar-refractivity contribution in [2.75, 3.05) is 5.32 Å². The van der Waals surface area contributed by atoms with Crippen LogP contribution in [0.2, 0.25) is 5.02 Å². The van der Waals surface area contributed by atoms with E-state index in [2.05, 4.69) is 5.32 Å². The van der Waals surface area contributed by atoms with Crippen LogP contribution in [-0.4, -0.2) is 5.91 Å². The zero-order valence-corrected chi connectivity index (χ0v) is 11.0. The molecular weight excluding hydrogens is 264 g/mol. The summed E-state index contributed by atoms with van der Waals surface area (Å²) in [6, 6.07) is 10.0. The Bertz CT molecular complexity index is 656. The van der Waals surface area contributed by atoms with E-state index >= 15 is 0 Å².